The highest BCUT2D eigenvalue weighted by Crippen LogP contribution is 2.32. The Bertz CT molecular complexity index is 444. The zero-order valence-electron chi connectivity index (χ0n) is 8.76. The average Bonchev–Trinajstić information content (AvgIpc) is 2.23. The van der Waals surface area contributed by atoms with Crippen LogP contribution >= 0.6 is 0 Å². The molecule has 0 unspecified atom stereocenters. The average molecular weight is 269 g/mol. The van der Waals surface area contributed by atoms with Crippen LogP contribution in [0.1, 0.15) is 15.9 Å². The molecule has 1 aromatic rings. The van der Waals surface area contributed by atoms with E-state index in [2.05, 4.69) is 0 Å². The van der Waals surface area contributed by atoms with Crippen LogP contribution in [0.25, 0.3) is 0 Å². The minimum absolute atomic E-state index is 0.434. The Kier molecular flexibility index (Phi) is 4.10. The molecule has 2 N–H and O–H groups in total. The molecular weight excluding hydrogens is 261 g/mol. The monoisotopic (exact) mass is 269 g/mol. The molecule has 0 aliphatic rings. The zero-order valence-corrected chi connectivity index (χ0v) is 8.76. The summed E-state index contributed by atoms with van der Waals surface area (Å²) in [7, 11) is 0. The highest BCUT2D eigenvalue weighted by molar-refractivity contribution is 5.94. The summed E-state index contributed by atoms with van der Waals surface area (Å²) in [5.41, 5.74) is -1.77. The molecule has 0 aromatic heterocycles. The van der Waals surface area contributed by atoms with E-state index >= 15 is 0 Å². The van der Waals surface area contributed by atoms with Crippen molar-refractivity contribution in [3.05, 3.63) is 29.3 Å². The predicted octanol–water partition coefficient (Wildman–Crippen LogP) is 2.41. The number of carbonyl (C=O) groups is 1. The molecule has 1 amide bonds. The van der Waals surface area contributed by atoms with E-state index in [1.807, 2.05) is 0 Å². The lowest BCUT2D eigenvalue weighted by atomic mass is 10.1. The maximum absolute atomic E-state index is 12.4. The molecule has 3 nitrogen and oxygen atoms in total. The van der Waals surface area contributed by atoms with Crippen LogP contribution < -0.4 is 5.32 Å². The standard InChI is InChI=1S/C10H8F5NO2/c11-8(12)4-16-9(18)5-1-6(10(13,14)15)3-7(17)2-5/h1-3,8,17H,4H2,(H,16,18). The summed E-state index contributed by atoms with van der Waals surface area (Å²) < 4.78 is 60.7. The van der Waals surface area contributed by atoms with Gasteiger partial charge in [0.05, 0.1) is 12.1 Å². The minimum Gasteiger partial charge on any atom is -0.508 e. The lowest BCUT2D eigenvalue weighted by Gasteiger charge is -2.10. The molecule has 0 atom stereocenters. The SMILES string of the molecule is O=C(NCC(F)F)c1cc(O)cc(C(F)(F)F)c1. The number of nitrogens with one attached hydrogen (secondary N) is 1. The summed E-state index contributed by atoms with van der Waals surface area (Å²) in [6, 6.07) is 1.67. The number of hydrogen-bond acceptors (Lipinski definition) is 2. The number of alkyl halides is 5. The number of carbonyl (C=O) groups excluding carboxylic acids is 1. The highest BCUT2D eigenvalue weighted by atomic mass is 19.4. The van der Waals surface area contributed by atoms with Gasteiger partial charge in [0, 0.05) is 5.56 Å². The molecule has 0 saturated carbocycles. The highest BCUT2D eigenvalue weighted by Gasteiger charge is 2.31. The molecule has 0 spiro atoms. The van der Waals surface area contributed by atoms with E-state index in [0.717, 1.165) is 6.07 Å². The Labute approximate surface area is 98.2 Å². The van der Waals surface area contributed by atoms with Crippen molar-refractivity contribution in [1.82, 2.24) is 5.32 Å². The molecule has 0 radical (unpaired) electrons. The fraction of sp³-hybridized carbons (Fsp3) is 0.300. The fourth-order valence-corrected chi connectivity index (χ4v) is 1.18. The van der Waals surface area contributed by atoms with Gasteiger partial charge >= 0.3 is 6.18 Å². The van der Waals surface area contributed by atoms with Gasteiger partial charge in [-0.25, -0.2) is 8.78 Å². The Morgan fingerprint density at radius 2 is 1.89 bits per heavy atom. The molecule has 18 heavy (non-hydrogen) atoms. The number of halogens is 5. The van der Waals surface area contributed by atoms with E-state index in [1.54, 1.807) is 5.32 Å². The first kappa shape index (κ1) is 14.2. The van der Waals surface area contributed by atoms with E-state index in [0.29, 0.717) is 12.1 Å². The van der Waals surface area contributed by atoms with Crippen LogP contribution in [-0.4, -0.2) is 24.0 Å². The summed E-state index contributed by atoms with van der Waals surface area (Å²) in [6.07, 6.45) is -7.55. The molecule has 0 heterocycles. The van der Waals surface area contributed by atoms with Gasteiger partial charge in [-0.15, -0.1) is 0 Å². The Morgan fingerprint density at radius 3 is 2.39 bits per heavy atom. The Balaban J connectivity index is 2.96. The van der Waals surface area contributed by atoms with Gasteiger partial charge in [-0.3, -0.25) is 4.79 Å². The van der Waals surface area contributed by atoms with Crippen molar-refractivity contribution in [1.29, 1.82) is 0 Å². The molecule has 0 saturated heterocycles. The zero-order chi connectivity index (χ0) is 13.9. The molecule has 8 heteroatoms. The second kappa shape index (κ2) is 5.19. The van der Waals surface area contributed by atoms with Crippen LogP contribution in [0, 0.1) is 0 Å². The summed E-state index contributed by atoms with van der Waals surface area (Å²) in [6.45, 7) is -0.976. The van der Waals surface area contributed by atoms with Crippen LogP contribution in [0.15, 0.2) is 18.2 Å². The van der Waals surface area contributed by atoms with Gasteiger partial charge in [-0.05, 0) is 18.2 Å². The summed E-state index contributed by atoms with van der Waals surface area (Å²) >= 11 is 0. The van der Waals surface area contributed by atoms with Crippen molar-refractivity contribution >= 4 is 5.91 Å². The first-order valence-corrected chi connectivity index (χ1v) is 4.67. The number of phenolic OH excluding ortho intramolecular Hbond substituents is 1. The van der Waals surface area contributed by atoms with Gasteiger partial charge in [-0.2, -0.15) is 13.2 Å². The van der Waals surface area contributed by atoms with Crippen molar-refractivity contribution in [2.24, 2.45) is 0 Å². The second-order valence-corrected chi connectivity index (χ2v) is 3.37. The maximum atomic E-state index is 12.4. The number of amides is 1. The topological polar surface area (TPSA) is 49.3 Å². The summed E-state index contributed by atoms with van der Waals surface area (Å²) in [5, 5.41) is 10.8. The summed E-state index contributed by atoms with van der Waals surface area (Å²) in [5.74, 6) is -1.89. The van der Waals surface area contributed by atoms with Gasteiger partial charge in [0.2, 0.25) is 0 Å². The smallest absolute Gasteiger partial charge is 0.416 e. The maximum Gasteiger partial charge on any atom is 0.416 e. The minimum atomic E-state index is -4.74. The Hall–Kier alpha value is -1.86. The molecule has 0 aliphatic carbocycles. The molecular formula is C10H8F5NO2. The van der Waals surface area contributed by atoms with Gasteiger partial charge < -0.3 is 10.4 Å². The van der Waals surface area contributed by atoms with Crippen molar-refractivity contribution in [3.63, 3.8) is 0 Å². The van der Waals surface area contributed by atoms with Crippen LogP contribution in [-0.2, 0) is 6.18 Å². The van der Waals surface area contributed by atoms with Crippen molar-refractivity contribution in [3.8, 4) is 5.75 Å². The van der Waals surface area contributed by atoms with Crippen LogP contribution in [0.2, 0.25) is 0 Å². The van der Waals surface area contributed by atoms with Crippen molar-refractivity contribution < 1.29 is 31.9 Å². The third-order valence-electron chi connectivity index (χ3n) is 1.92. The quantitative estimate of drug-likeness (QED) is 0.828. The number of rotatable bonds is 3. The number of benzene rings is 1. The third kappa shape index (κ3) is 3.86. The molecule has 1 rings (SSSR count). The molecule has 0 aliphatic heterocycles. The van der Waals surface area contributed by atoms with E-state index in [-0.39, 0.29) is 0 Å². The lowest BCUT2D eigenvalue weighted by molar-refractivity contribution is -0.137. The van der Waals surface area contributed by atoms with E-state index in [4.69, 9.17) is 5.11 Å². The fourth-order valence-electron chi connectivity index (χ4n) is 1.18. The number of phenols is 1. The first-order chi connectivity index (χ1) is 8.20. The van der Waals surface area contributed by atoms with E-state index in [1.165, 1.54) is 0 Å². The molecule has 100 valence electrons. The first-order valence-electron chi connectivity index (χ1n) is 4.67. The largest absolute Gasteiger partial charge is 0.508 e. The van der Waals surface area contributed by atoms with Gasteiger partial charge in [-0.1, -0.05) is 0 Å². The number of aromatic hydroxyl groups is 1. The van der Waals surface area contributed by atoms with Crippen molar-refractivity contribution in [2.45, 2.75) is 12.6 Å². The molecule has 0 bridgehead atoms. The van der Waals surface area contributed by atoms with Gasteiger partial charge in [0.25, 0.3) is 12.3 Å². The molecule has 0 fully saturated rings. The second-order valence-electron chi connectivity index (χ2n) is 3.37. The van der Waals surface area contributed by atoms with Gasteiger partial charge in [0.15, 0.2) is 0 Å². The summed E-state index contributed by atoms with van der Waals surface area (Å²) in [4.78, 5) is 11.3. The van der Waals surface area contributed by atoms with Gasteiger partial charge in [0.1, 0.15) is 5.75 Å². The lowest BCUT2D eigenvalue weighted by Crippen LogP contribution is -2.28. The van der Waals surface area contributed by atoms with Crippen LogP contribution in [0.5, 0.6) is 5.75 Å². The van der Waals surface area contributed by atoms with E-state index in [9.17, 15) is 26.7 Å². The normalized spacial score (nSPS) is 11.7. The van der Waals surface area contributed by atoms with E-state index < -0.39 is 41.9 Å². The number of hydrogen-bond donors (Lipinski definition) is 2. The van der Waals surface area contributed by atoms with Crippen LogP contribution in [0.3, 0.4) is 0 Å². The molecule has 1 aromatic carbocycles. The Morgan fingerprint density at radius 1 is 1.28 bits per heavy atom. The van der Waals surface area contributed by atoms with Crippen LogP contribution in [0.4, 0.5) is 22.0 Å². The predicted molar refractivity (Wildman–Crippen MR) is 51.4 cm³/mol. The van der Waals surface area contributed by atoms with Crippen molar-refractivity contribution in [2.75, 3.05) is 6.54 Å². The third-order valence-corrected chi connectivity index (χ3v) is 1.92.